The number of aryl methyl sites for hydroxylation is 2. The molecule has 6 rings (SSSR count). The Kier molecular flexibility index (Phi) is 7.98. The van der Waals surface area contributed by atoms with Crippen LogP contribution < -0.4 is 20.4 Å². The molecule has 9 heteroatoms. The second-order valence-corrected chi connectivity index (χ2v) is 11.5. The molecule has 0 aliphatic heterocycles. The molecule has 0 spiro atoms. The van der Waals surface area contributed by atoms with E-state index in [-0.39, 0.29) is 16.2 Å². The second kappa shape index (κ2) is 12.1. The Morgan fingerprint density at radius 3 is 2.49 bits per heavy atom. The molecule has 3 aromatic heterocycles. The van der Waals surface area contributed by atoms with Crippen LogP contribution in [0.4, 0.5) is 0 Å². The third-order valence-electron chi connectivity index (χ3n) is 7.21. The number of fused-ring (bicyclic) bond motifs is 1. The fourth-order valence-electron chi connectivity index (χ4n) is 4.83. The first kappa shape index (κ1) is 28.2. The number of rotatable bonds is 9. The van der Waals surface area contributed by atoms with E-state index in [0.717, 1.165) is 69.1 Å². The molecule has 0 aliphatic rings. The van der Waals surface area contributed by atoms with E-state index >= 15 is 0 Å². The molecule has 0 amide bonds. The van der Waals surface area contributed by atoms with Gasteiger partial charge in [-0.1, -0.05) is 72.7 Å². The van der Waals surface area contributed by atoms with Crippen LogP contribution in [0.5, 0.6) is 5.75 Å². The zero-order chi connectivity index (χ0) is 29.9. The largest absolute Gasteiger partial charge is 0.494 e. The van der Waals surface area contributed by atoms with E-state index in [2.05, 4.69) is 17.0 Å². The van der Waals surface area contributed by atoms with Crippen molar-refractivity contribution in [2.45, 2.75) is 40.0 Å². The lowest BCUT2D eigenvalue weighted by molar-refractivity contribution is 0.309. The van der Waals surface area contributed by atoms with Crippen molar-refractivity contribution in [3.05, 3.63) is 132 Å². The van der Waals surface area contributed by atoms with Gasteiger partial charge in [0.1, 0.15) is 17.1 Å². The molecule has 0 saturated carbocycles. The van der Waals surface area contributed by atoms with E-state index in [1.165, 1.54) is 4.52 Å². The number of nitrogens with zero attached hydrogens (tertiary/aromatic N) is 5. The van der Waals surface area contributed by atoms with Crippen molar-refractivity contribution >= 4 is 22.4 Å². The van der Waals surface area contributed by atoms with Gasteiger partial charge in [-0.2, -0.15) is 19.7 Å². The number of hydrogen-bond donors (Lipinski definition) is 0. The topological polar surface area (TPSA) is 91.4 Å². The summed E-state index contributed by atoms with van der Waals surface area (Å²) in [6.07, 6.45) is 6.08. The molecule has 0 N–H and O–H groups in total. The zero-order valence-corrected chi connectivity index (χ0v) is 25.1. The number of hydrogen-bond acceptors (Lipinski definition) is 7. The number of ether oxygens (including phenoxy) is 1. The standard InChI is InChI=1S/C34H31N5O3S/c1-4-5-17-42-27-15-16-28(23(3)18-27)31-25(21-38(37-31)26-9-7-6-8-10-26)20-30-33(41)39-34(43-30)35-32(40)29(36-39)19-24-13-11-22(2)12-14-24/h6-16,18,20-21H,4-5,17,19H2,1-3H3/b30-20-. The summed E-state index contributed by atoms with van der Waals surface area (Å²) in [7, 11) is 0. The summed E-state index contributed by atoms with van der Waals surface area (Å²) in [4.78, 5) is 30.8. The van der Waals surface area contributed by atoms with Crippen molar-refractivity contribution in [3.63, 3.8) is 0 Å². The molecule has 0 fully saturated rings. The number of para-hydroxylation sites is 1. The quantitative estimate of drug-likeness (QED) is 0.213. The summed E-state index contributed by atoms with van der Waals surface area (Å²) in [5.41, 5.74) is 5.87. The molecule has 3 aromatic carbocycles. The van der Waals surface area contributed by atoms with Crippen LogP contribution in [0.2, 0.25) is 0 Å². The predicted octanol–water partition coefficient (Wildman–Crippen LogP) is 5.30. The van der Waals surface area contributed by atoms with Crippen LogP contribution in [-0.4, -0.2) is 31.0 Å². The lowest BCUT2D eigenvalue weighted by atomic mass is 10.0. The summed E-state index contributed by atoms with van der Waals surface area (Å²) in [5.74, 6) is 0.817. The Labute approximate surface area is 252 Å². The summed E-state index contributed by atoms with van der Waals surface area (Å²) in [6, 6.07) is 23.7. The maximum Gasteiger partial charge on any atom is 0.296 e. The van der Waals surface area contributed by atoms with Crippen molar-refractivity contribution in [1.82, 2.24) is 24.4 Å². The fraction of sp³-hybridized carbons (Fsp3) is 0.206. The minimum absolute atomic E-state index is 0.234. The molecule has 0 aliphatic carbocycles. The van der Waals surface area contributed by atoms with E-state index < -0.39 is 5.56 Å². The van der Waals surface area contributed by atoms with E-state index in [9.17, 15) is 9.59 Å². The Bertz CT molecular complexity index is 2080. The highest BCUT2D eigenvalue weighted by molar-refractivity contribution is 7.15. The fourth-order valence-corrected chi connectivity index (χ4v) is 5.73. The average Bonchev–Trinajstić information content (AvgIpc) is 3.55. The molecule has 3 heterocycles. The van der Waals surface area contributed by atoms with Crippen LogP contribution in [0.3, 0.4) is 0 Å². The summed E-state index contributed by atoms with van der Waals surface area (Å²) >= 11 is 1.14. The molecule has 0 bridgehead atoms. The normalized spacial score (nSPS) is 11.8. The maximum absolute atomic E-state index is 13.5. The molecular weight excluding hydrogens is 558 g/mol. The predicted molar refractivity (Wildman–Crippen MR) is 170 cm³/mol. The summed E-state index contributed by atoms with van der Waals surface area (Å²) < 4.78 is 9.37. The van der Waals surface area contributed by atoms with Crippen LogP contribution in [0.1, 0.15) is 47.7 Å². The van der Waals surface area contributed by atoms with E-state index in [0.29, 0.717) is 17.6 Å². The zero-order valence-electron chi connectivity index (χ0n) is 24.3. The number of aromatic nitrogens is 5. The molecular formula is C34H31N5O3S. The number of benzene rings is 3. The van der Waals surface area contributed by atoms with Gasteiger partial charge < -0.3 is 4.74 Å². The lowest BCUT2D eigenvalue weighted by Crippen LogP contribution is -2.28. The van der Waals surface area contributed by atoms with Gasteiger partial charge in [0.25, 0.3) is 11.1 Å². The van der Waals surface area contributed by atoms with Crippen LogP contribution in [0.15, 0.2) is 88.6 Å². The van der Waals surface area contributed by atoms with Crippen LogP contribution in [0, 0.1) is 13.8 Å². The van der Waals surface area contributed by atoms with Crippen molar-refractivity contribution in [2.24, 2.45) is 0 Å². The molecule has 43 heavy (non-hydrogen) atoms. The monoisotopic (exact) mass is 589 g/mol. The van der Waals surface area contributed by atoms with Gasteiger partial charge in [0.2, 0.25) is 4.96 Å². The second-order valence-electron chi connectivity index (χ2n) is 10.5. The first-order chi connectivity index (χ1) is 20.9. The SMILES string of the molecule is CCCCOc1ccc(-c2nn(-c3ccccc3)cc2/C=c2\sc3nc(=O)c(Cc4ccc(C)cc4)nn3c2=O)c(C)c1. The molecule has 6 aromatic rings. The molecule has 0 saturated heterocycles. The van der Waals surface area contributed by atoms with E-state index in [4.69, 9.17) is 9.84 Å². The van der Waals surface area contributed by atoms with Crippen molar-refractivity contribution in [2.75, 3.05) is 6.61 Å². The molecule has 0 radical (unpaired) electrons. The van der Waals surface area contributed by atoms with Gasteiger partial charge in [0.15, 0.2) is 0 Å². The van der Waals surface area contributed by atoms with E-state index in [1.807, 2.05) is 97.5 Å². The van der Waals surface area contributed by atoms with Crippen LogP contribution >= 0.6 is 11.3 Å². The Balaban J connectivity index is 1.44. The highest BCUT2D eigenvalue weighted by atomic mass is 32.1. The van der Waals surface area contributed by atoms with Crippen molar-refractivity contribution < 1.29 is 4.74 Å². The summed E-state index contributed by atoms with van der Waals surface area (Å²) in [5, 5.41) is 9.36. The highest BCUT2D eigenvalue weighted by Gasteiger charge is 2.16. The molecule has 8 nitrogen and oxygen atoms in total. The van der Waals surface area contributed by atoms with Crippen molar-refractivity contribution in [3.8, 4) is 22.7 Å². The third-order valence-corrected chi connectivity index (χ3v) is 8.17. The number of thiazole rings is 1. The molecule has 0 atom stereocenters. The van der Waals surface area contributed by atoms with Gasteiger partial charge in [-0.25, -0.2) is 4.68 Å². The Hall–Kier alpha value is -4.89. The molecule has 0 unspecified atom stereocenters. The van der Waals surface area contributed by atoms with Gasteiger partial charge >= 0.3 is 0 Å². The number of unbranched alkanes of at least 4 members (excludes halogenated alkanes) is 1. The van der Waals surface area contributed by atoms with Crippen molar-refractivity contribution in [1.29, 1.82) is 0 Å². The van der Waals surface area contributed by atoms with Gasteiger partial charge in [0, 0.05) is 23.7 Å². The Morgan fingerprint density at radius 2 is 1.74 bits per heavy atom. The van der Waals surface area contributed by atoms with E-state index in [1.54, 1.807) is 6.08 Å². The van der Waals surface area contributed by atoms with Crippen LogP contribution in [-0.2, 0) is 6.42 Å². The first-order valence-corrected chi connectivity index (χ1v) is 15.1. The average molecular weight is 590 g/mol. The maximum atomic E-state index is 13.5. The minimum atomic E-state index is -0.428. The lowest BCUT2D eigenvalue weighted by Gasteiger charge is -2.09. The first-order valence-electron chi connectivity index (χ1n) is 14.3. The van der Waals surface area contributed by atoms with Gasteiger partial charge in [-0.3, -0.25) is 9.59 Å². The van der Waals surface area contributed by atoms with Gasteiger partial charge in [-0.05, 0) is 67.8 Å². The third kappa shape index (κ3) is 6.03. The highest BCUT2D eigenvalue weighted by Crippen LogP contribution is 2.30. The Morgan fingerprint density at radius 1 is 0.953 bits per heavy atom. The summed E-state index contributed by atoms with van der Waals surface area (Å²) in [6.45, 7) is 6.84. The minimum Gasteiger partial charge on any atom is -0.494 e. The molecule has 216 valence electrons. The smallest absolute Gasteiger partial charge is 0.296 e. The van der Waals surface area contributed by atoms with Crippen LogP contribution in [0.25, 0.3) is 28.0 Å². The van der Waals surface area contributed by atoms with Gasteiger partial charge in [0.05, 0.1) is 16.8 Å². The van der Waals surface area contributed by atoms with Gasteiger partial charge in [-0.15, -0.1) is 0 Å².